The number of aliphatic carboxylic acids is 1. The van der Waals surface area contributed by atoms with Crippen molar-refractivity contribution in [3.8, 4) is 17.2 Å². The van der Waals surface area contributed by atoms with Gasteiger partial charge < -0.3 is 14.3 Å². The van der Waals surface area contributed by atoms with Crippen molar-refractivity contribution in [2.24, 2.45) is 0 Å². The van der Waals surface area contributed by atoms with Crippen molar-refractivity contribution in [1.82, 2.24) is 9.88 Å². The zero-order chi connectivity index (χ0) is 24.3. The van der Waals surface area contributed by atoms with E-state index in [0.717, 1.165) is 30.7 Å². The Balaban J connectivity index is 1.35. The molecule has 1 atom stereocenters. The first-order valence-electron chi connectivity index (χ1n) is 11.0. The van der Waals surface area contributed by atoms with Crippen LogP contribution < -0.4 is 4.74 Å². The number of alkyl halides is 3. The van der Waals surface area contributed by atoms with Gasteiger partial charge in [-0.05, 0) is 68.3 Å². The molecule has 6 nitrogen and oxygen atoms in total. The molecular weight excluding hydrogens is 449 g/mol. The summed E-state index contributed by atoms with van der Waals surface area (Å²) in [6, 6.07) is 11.8. The molecule has 3 aromatic rings. The van der Waals surface area contributed by atoms with Crippen LogP contribution in [0, 0.1) is 6.92 Å². The summed E-state index contributed by atoms with van der Waals surface area (Å²) >= 11 is 0. The van der Waals surface area contributed by atoms with Gasteiger partial charge in [-0.3, -0.25) is 9.69 Å². The van der Waals surface area contributed by atoms with Crippen molar-refractivity contribution in [2.75, 3.05) is 13.2 Å². The Hall–Kier alpha value is -3.33. The summed E-state index contributed by atoms with van der Waals surface area (Å²) in [5.41, 5.74) is 1.40. The van der Waals surface area contributed by atoms with Gasteiger partial charge in [0.1, 0.15) is 17.6 Å². The molecule has 0 spiro atoms. The average Bonchev–Trinajstić information content (AvgIpc) is 3.40. The van der Waals surface area contributed by atoms with Crippen LogP contribution in [0.4, 0.5) is 13.2 Å². The second-order valence-corrected chi connectivity index (χ2v) is 8.31. The zero-order valence-electron chi connectivity index (χ0n) is 18.6. The highest BCUT2D eigenvalue weighted by molar-refractivity contribution is 5.73. The molecule has 0 unspecified atom stereocenters. The number of rotatable bonds is 8. The SMILES string of the molecule is Cc1oc(-c2ccc(C(F)(F)F)cc2)nc1CCOc1cccc(CN2CCC[C@H]2C(=O)O)c1. The van der Waals surface area contributed by atoms with Crippen molar-refractivity contribution in [3.05, 3.63) is 71.1 Å². The molecule has 0 bridgehead atoms. The quantitative estimate of drug-likeness (QED) is 0.475. The normalized spacial score (nSPS) is 16.6. The Kier molecular flexibility index (Phi) is 6.92. The number of carbonyl (C=O) groups is 1. The van der Waals surface area contributed by atoms with Gasteiger partial charge in [-0.1, -0.05) is 12.1 Å². The summed E-state index contributed by atoms with van der Waals surface area (Å²) in [4.78, 5) is 17.8. The number of carboxylic acid groups (broad SMARTS) is 1. The van der Waals surface area contributed by atoms with Crippen LogP contribution in [0.15, 0.2) is 52.9 Å². The van der Waals surface area contributed by atoms with E-state index in [9.17, 15) is 23.1 Å². The molecule has 4 rings (SSSR count). The van der Waals surface area contributed by atoms with Gasteiger partial charge in [0, 0.05) is 18.5 Å². The fourth-order valence-electron chi connectivity index (χ4n) is 4.11. The van der Waals surface area contributed by atoms with Crippen LogP contribution in [0.2, 0.25) is 0 Å². The highest BCUT2D eigenvalue weighted by Gasteiger charge is 2.31. The molecule has 1 aromatic heterocycles. The van der Waals surface area contributed by atoms with Crippen molar-refractivity contribution in [1.29, 1.82) is 0 Å². The van der Waals surface area contributed by atoms with E-state index in [1.165, 1.54) is 12.1 Å². The number of hydrogen-bond acceptors (Lipinski definition) is 5. The lowest BCUT2D eigenvalue weighted by Gasteiger charge is -2.21. The second kappa shape index (κ2) is 9.89. The molecule has 1 aliphatic heterocycles. The van der Waals surface area contributed by atoms with E-state index < -0.39 is 23.8 Å². The number of benzene rings is 2. The molecular formula is C25H25F3N2O4. The number of oxazole rings is 1. The minimum atomic E-state index is -4.39. The third kappa shape index (κ3) is 5.59. The fraction of sp³-hybridized carbons (Fsp3) is 0.360. The predicted octanol–water partition coefficient (Wildman–Crippen LogP) is 5.34. The van der Waals surface area contributed by atoms with Gasteiger partial charge >= 0.3 is 12.1 Å². The van der Waals surface area contributed by atoms with Crippen molar-refractivity contribution < 1.29 is 32.2 Å². The number of hydrogen-bond donors (Lipinski definition) is 1. The maximum absolute atomic E-state index is 12.8. The zero-order valence-corrected chi connectivity index (χ0v) is 18.6. The molecule has 1 saturated heterocycles. The van der Waals surface area contributed by atoms with E-state index in [1.807, 2.05) is 29.2 Å². The Labute approximate surface area is 195 Å². The van der Waals surface area contributed by atoms with Gasteiger partial charge in [0.15, 0.2) is 0 Å². The number of nitrogens with zero attached hydrogens (tertiary/aromatic N) is 2. The summed E-state index contributed by atoms with van der Waals surface area (Å²) < 4.78 is 49.8. The fourth-order valence-corrected chi connectivity index (χ4v) is 4.11. The van der Waals surface area contributed by atoms with Crippen LogP contribution in [0.3, 0.4) is 0 Å². The lowest BCUT2D eigenvalue weighted by molar-refractivity contribution is -0.142. The Morgan fingerprint density at radius 3 is 2.71 bits per heavy atom. The van der Waals surface area contributed by atoms with Crippen LogP contribution in [-0.2, 0) is 23.9 Å². The number of carboxylic acids is 1. The Bertz CT molecular complexity index is 1140. The van der Waals surface area contributed by atoms with E-state index in [0.29, 0.717) is 48.8 Å². The van der Waals surface area contributed by atoms with Gasteiger partial charge in [-0.25, -0.2) is 4.98 Å². The summed E-state index contributed by atoms with van der Waals surface area (Å²) in [6.45, 7) is 3.40. The van der Waals surface area contributed by atoms with E-state index in [4.69, 9.17) is 9.15 Å². The van der Waals surface area contributed by atoms with Gasteiger partial charge in [-0.2, -0.15) is 13.2 Å². The number of halogens is 3. The van der Waals surface area contributed by atoms with Crippen LogP contribution in [0.1, 0.15) is 35.4 Å². The Morgan fingerprint density at radius 1 is 1.24 bits per heavy atom. The molecule has 2 aromatic carbocycles. The standard InChI is InChI=1S/C25H25F3N2O4/c1-16-21(29-23(34-16)18-7-9-19(10-8-18)25(26,27)28)11-13-33-20-5-2-4-17(14-20)15-30-12-3-6-22(30)24(31)32/h2,4-5,7-10,14,22H,3,6,11-13,15H2,1H3,(H,31,32)/t22-/m0/s1. The summed E-state index contributed by atoms with van der Waals surface area (Å²) in [5, 5.41) is 9.36. The van der Waals surface area contributed by atoms with E-state index in [1.54, 1.807) is 6.92 Å². The monoisotopic (exact) mass is 474 g/mol. The maximum atomic E-state index is 12.8. The first-order valence-corrected chi connectivity index (χ1v) is 11.0. The van der Waals surface area contributed by atoms with Crippen LogP contribution in [0.5, 0.6) is 5.75 Å². The van der Waals surface area contributed by atoms with Gasteiger partial charge in [0.05, 0.1) is 17.9 Å². The minimum absolute atomic E-state index is 0.266. The molecule has 9 heteroatoms. The minimum Gasteiger partial charge on any atom is -0.493 e. The lowest BCUT2D eigenvalue weighted by atomic mass is 10.1. The third-order valence-electron chi connectivity index (χ3n) is 5.89. The topological polar surface area (TPSA) is 75.8 Å². The molecule has 1 fully saturated rings. The molecule has 0 aliphatic carbocycles. The van der Waals surface area contributed by atoms with Crippen LogP contribution in [-0.4, -0.2) is 40.2 Å². The molecule has 0 radical (unpaired) electrons. The highest BCUT2D eigenvalue weighted by Crippen LogP contribution is 2.31. The van der Waals surface area contributed by atoms with E-state index in [2.05, 4.69) is 4.98 Å². The molecule has 0 amide bonds. The highest BCUT2D eigenvalue weighted by atomic mass is 19.4. The van der Waals surface area contributed by atoms with E-state index >= 15 is 0 Å². The number of ether oxygens (including phenoxy) is 1. The summed E-state index contributed by atoms with van der Waals surface area (Å²) in [6.07, 6.45) is -2.39. The van der Waals surface area contributed by atoms with Crippen molar-refractivity contribution >= 4 is 5.97 Å². The first kappa shape index (κ1) is 23.8. The second-order valence-electron chi connectivity index (χ2n) is 8.31. The third-order valence-corrected chi connectivity index (χ3v) is 5.89. The van der Waals surface area contributed by atoms with Crippen molar-refractivity contribution in [3.63, 3.8) is 0 Å². The maximum Gasteiger partial charge on any atom is 0.416 e. The molecule has 0 saturated carbocycles. The average molecular weight is 474 g/mol. The van der Waals surface area contributed by atoms with Crippen molar-refractivity contribution in [2.45, 2.75) is 44.9 Å². The molecule has 180 valence electrons. The largest absolute Gasteiger partial charge is 0.493 e. The first-order chi connectivity index (χ1) is 16.2. The Morgan fingerprint density at radius 2 is 2.00 bits per heavy atom. The number of aryl methyl sites for hydroxylation is 1. The molecule has 1 N–H and O–H groups in total. The molecule has 34 heavy (non-hydrogen) atoms. The molecule has 2 heterocycles. The van der Waals surface area contributed by atoms with Gasteiger partial charge in [-0.15, -0.1) is 0 Å². The smallest absolute Gasteiger partial charge is 0.416 e. The van der Waals surface area contributed by atoms with Crippen LogP contribution in [0.25, 0.3) is 11.5 Å². The van der Waals surface area contributed by atoms with Crippen LogP contribution >= 0.6 is 0 Å². The lowest BCUT2D eigenvalue weighted by Crippen LogP contribution is -2.35. The van der Waals surface area contributed by atoms with E-state index in [-0.39, 0.29) is 5.89 Å². The summed E-state index contributed by atoms with van der Waals surface area (Å²) in [5.74, 6) is 0.735. The predicted molar refractivity (Wildman–Crippen MR) is 118 cm³/mol. The number of aromatic nitrogens is 1. The van der Waals surface area contributed by atoms with Gasteiger partial charge in [0.25, 0.3) is 0 Å². The van der Waals surface area contributed by atoms with Gasteiger partial charge in [0.2, 0.25) is 5.89 Å². The molecule has 1 aliphatic rings. The summed E-state index contributed by atoms with van der Waals surface area (Å²) in [7, 11) is 0. The number of likely N-dealkylation sites (tertiary alicyclic amines) is 1.